The van der Waals surface area contributed by atoms with E-state index in [0.29, 0.717) is 10.8 Å². The minimum atomic E-state index is -0.514. The van der Waals surface area contributed by atoms with Gasteiger partial charge >= 0.3 is 6.03 Å². The molecule has 0 bridgehead atoms. The zero-order chi connectivity index (χ0) is 15.1. The second kappa shape index (κ2) is 7.75. The van der Waals surface area contributed by atoms with Crippen LogP contribution < -0.4 is 15.4 Å². The summed E-state index contributed by atoms with van der Waals surface area (Å²) in [6.45, 7) is 5.42. The minimum Gasteiger partial charge on any atom is -0.484 e. The molecule has 0 heterocycles. The zero-order valence-corrected chi connectivity index (χ0v) is 12.6. The Morgan fingerprint density at radius 3 is 2.70 bits per heavy atom. The molecule has 1 aromatic rings. The Kier molecular flexibility index (Phi) is 6.31. The van der Waals surface area contributed by atoms with E-state index in [-0.39, 0.29) is 12.6 Å². The number of ether oxygens (including phenoxy) is 1. The molecule has 0 unspecified atom stereocenters. The number of amides is 3. The molecule has 3 amide bonds. The summed E-state index contributed by atoms with van der Waals surface area (Å²) in [7, 11) is 0. The first-order chi connectivity index (χ1) is 9.42. The number of urea groups is 1. The number of aryl methyl sites for hydroxylation is 1. The van der Waals surface area contributed by atoms with Gasteiger partial charge in [0, 0.05) is 11.1 Å². The lowest BCUT2D eigenvalue weighted by Gasteiger charge is -2.12. The number of carbonyl (C=O) groups is 2. The molecule has 0 saturated heterocycles. The molecule has 0 aromatic heterocycles. The first kappa shape index (κ1) is 16.3. The summed E-state index contributed by atoms with van der Waals surface area (Å²) < 4.78 is 5.29. The van der Waals surface area contributed by atoms with Gasteiger partial charge in [0.05, 0.1) is 0 Å². The minimum absolute atomic E-state index is 0.0163. The molecule has 6 heteroatoms. The number of hydrogen-bond acceptors (Lipinski definition) is 3. The second-order valence-corrected chi connectivity index (χ2v) is 4.94. The van der Waals surface area contributed by atoms with E-state index in [1.54, 1.807) is 18.2 Å². The van der Waals surface area contributed by atoms with Gasteiger partial charge in [-0.15, -0.1) is 0 Å². The Morgan fingerprint density at radius 1 is 1.40 bits per heavy atom. The normalized spacial score (nSPS) is 11.6. The number of hydrogen-bond donors (Lipinski definition) is 2. The lowest BCUT2D eigenvalue weighted by atomic mass is 10.2. The fraction of sp³-hybridized carbons (Fsp3) is 0.429. The van der Waals surface area contributed by atoms with Crippen LogP contribution in [0.2, 0.25) is 5.02 Å². The standard InChI is InChI=1S/C14H19ClN2O3/c1-4-10(3)16-14(19)17-13(18)8-20-11-5-6-12(15)9(2)7-11/h5-7,10H,4,8H2,1-3H3,(H2,16,17,18,19)/t10-/m0/s1. The Bertz CT molecular complexity index is 491. The van der Waals surface area contributed by atoms with E-state index in [9.17, 15) is 9.59 Å². The van der Waals surface area contributed by atoms with Crippen LogP contribution in [0, 0.1) is 6.92 Å². The van der Waals surface area contributed by atoms with E-state index >= 15 is 0 Å². The molecule has 0 saturated carbocycles. The van der Waals surface area contributed by atoms with Crippen molar-refractivity contribution in [1.29, 1.82) is 0 Å². The molecule has 1 atom stereocenters. The van der Waals surface area contributed by atoms with Crippen molar-refractivity contribution in [3.63, 3.8) is 0 Å². The summed E-state index contributed by atoms with van der Waals surface area (Å²) in [5.74, 6) is 0.0304. The number of benzene rings is 1. The second-order valence-electron chi connectivity index (χ2n) is 4.53. The van der Waals surface area contributed by atoms with Crippen molar-refractivity contribution >= 4 is 23.5 Å². The average Bonchev–Trinajstić information content (AvgIpc) is 2.39. The van der Waals surface area contributed by atoms with Crippen molar-refractivity contribution in [2.45, 2.75) is 33.2 Å². The van der Waals surface area contributed by atoms with Crippen LogP contribution in [0.4, 0.5) is 4.79 Å². The molecule has 1 aromatic carbocycles. The van der Waals surface area contributed by atoms with Crippen LogP contribution in [0.3, 0.4) is 0 Å². The highest BCUT2D eigenvalue weighted by Crippen LogP contribution is 2.20. The topological polar surface area (TPSA) is 67.4 Å². The third-order valence-electron chi connectivity index (χ3n) is 2.74. The summed E-state index contributed by atoms with van der Waals surface area (Å²) in [6, 6.07) is 4.60. The maximum atomic E-state index is 11.5. The Hall–Kier alpha value is -1.75. The van der Waals surface area contributed by atoms with Crippen LogP contribution in [-0.4, -0.2) is 24.6 Å². The van der Waals surface area contributed by atoms with Crippen molar-refractivity contribution in [3.05, 3.63) is 28.8 Å². The van der Waals surface area contributed by atoms with E-state index in [1.165, 1.54) is 0 Å². The summed E-state index contributed by atoms with van der Waals surface area (Å²) in [6.07, 6.45) is 0.794. The predicted octanol–water partition coefficient (Wildman–Crippen LogP) is 2.65. The molecule has 1 rings (SSSR count). The maximum Gasteiger partial charge on any atom is 0.321 e. The van der Waals surface area contributed by atoms with E-state index in [1.807, 2.05) is 20.8 Å². The molecule has 0 fully saturated rings. The third kappa shape index (κ3) is 5.48. The number of halogens is 1. The van der Waals surface area contributed by atoms with Gasteiger partial charge in [0.25, 0.3) is 5.91 Å². The highest BCUT2D eigenvalue weighted by atomic mass is 35.5. The molecule has 2 N–H and O–H groups in total. The van der Waals surface area contributed by atoms with Crippen LogP contribution in [0.5, 0.6) is 5.75 Å². The van der Waals surface area contributed by atoms with Gasteiger partial charge in [0.1, 0.15) is 5.75 Å². The van der Waals surface area contributed by atoms with Crippen LogP contribution in [-0.2, 0) is 4.79 Å². The number of nitrogens with one attached hydrogen (secondary N) is 2. The summed E-state index contributed by atoms with van der Waals surface area (Å²) >= 11 is 5.89. The van der Waals surface area contributed by atoms with Gasteiger partial charge in [-0.05, 0) is 44.0 Å². The van der Waals surface area contributed by atoms with Crippen LogP contribution in [0.1, 0.15) is 25.8 Å². The summed E-state index contributed by atoms with van der Waals surface area (Å²) in [4.78, 5) is 22.9. The van der Waals surface area contributed by atoms with Gasteiger partial charge in [0.2, 0.25) is 0 Å². The van der Waals surface area contributed by atoms with Crippen LogP contribution in [0.15, 0.2) is 18.2 Å². The molecule has 20 heavy (non-hydrogen) atoms. The van der Waals surface area contributed by atoms with Gasteiger partial charge in [-0.25, -0.2) is 4.79 Å². The number of carbonyl (C=O) groups excluding carboxylic acids is 2. The van der Waals surface area contributed by atoms with E-state index in [2.05, 4.69) is 10.6 Å². The summed E-state index contributed by atoms with van der Waals surface area (Å²) in [5.41, 5.74) is 0.860. The monoisotopic (exact) mass is 298 g/mol. The van der Waals surface area contributed by atoms with Gasteiger partial charge in [-0.3, -0.25) is 10.1 Å². The van der Waals surface area contributed by atoms with Crippen molar-refractivity contribution < 1.29 is 14.3 Å². The first-order valence-corrected chi connectivity index (χ1v) is 6.79. The van der Waals surface area contributed by atoms with Crippen molar-refractivity contribution in [2.75, 3.05) is 6.61 Å². The molecular formula is C14H19ClN2O3. The smallest absolute Gasteiger partial charge is 0.321 e. The molecule has 0 aliphatic carbocycles. The summed E-state index contributed by atoms with van der Waals surface area (Å²) in [5, 5.41) is 5.47. The quantitative estimate of drug-likeness (QED) is 0.878. The fourth-order valence-corrected chi connectivity index (χ4v) is 1.50. The third-order valence-corrected chi connectivity index (χ3v) is 3.17. The van der Waals surface area contributed by atoms with Gasteiger partial charge in [-0.1, -0.05) is 18.5 Å². The lowest BCUT2D eigenvalue weighted by Crippen LogP contribution is -2.44. The van der Waals surface area contributed by atoms with E-state index < -0.39 is 11.9 Å². The van der Waals surface area contributed by atoms with E-state index in [4.69, 9.17) is 16.3 Å². The SMILES string of the molecule is CC[C@H](C)NC(=O)NC(=O)COc1ccc(Cl)c(C)c1. The van der Waals surface area contributed by atoms with Crippen molar-refractivity contribution in [1.82, 2.24) is 10.6 Å². The van der Waals surface area contributed by atoms with Crippen LogP contribution in [0.25, 0.3) is 0 Å². The van der Waals surface area contributed by atoms with Crippen molar-refractivity contribution in [2.24, 2.45) is 0 Å². The Morgan fingerprint density at radius 2 is 2.10 bits per heavy atom. The highest BCUT2D eigenvalue weighted by molar-refractivity contribution is 6.31. The molecule has 0 aliphatic heterocycles. The molecule has 0 radical (unpaired) electrons. The molecule has 0 spiro atoms. The highest BCUT2D eigenvalue weighted by Gasteiger charge is 2.10. The van der Waals surface area contributed by atoms with Gasteiger partial charge < -0.3 is 10.1 Å². The molecule has 110 valence electrons. The predicted molar refractivity (Wildman–Crippen MR) is 78.1 cm³/mol. The fourth-order valence-electron chi connectivity index (χ4n) is 1.38. The molecular weight excluding hydrogens is 280 g/mol. The number of rotatable bonds is 5. The maximum absolute atomic E-state index is 11.5. The van der Waals surface area contributed by atoms with Crippen molar-refractivity contribution in [3.8, 4) is 5.75 Å². The average molecular weight is 299 g/mol. The number of imide groups is 1. The van der Waals surface area contributed by atoms with Gasteiger partial charge in [-0.2, -0.15) is 0 Å². The van der Waals surface area contributed by atoms with Gasteiger partial charge in [0.15, 0.2) is 6.61 Å². The lowest BCUT2D eigenvalue weighted by molar-refractivity contribution is -0.122. The molecule has 0 aliphatic rings. The molecule has 5 nitrogen and oxygen atoms in total. The van der Waals surface area contributed by atoms with Crippen LogP contribution >= 0.6 is 11.6 Å². The largest absolute Gasteiger partial charge is 0.484 e. The zero-order valence-electron chi connectivity index (χ0n) is 11.8. The Labute approximate surface area is 123 Å². The van der Waals surface area contributed by atoms with E-state index in [0.717, 1.165) is 12.0 Å². The first-order valence-electron chi connectivity index (χ1n) is 6.41. The Balaban J connectivity index is 2.39.